The zero-order valence-corrected chi connectivity index (χ0v) is 13.0. The Morgan fingerprint density at radius 1 is 0.960 bits per heavy atom. The van der Waals surface area contributed by atoms with Gasteiger partial charge in [-0.3, -0.25) is 4.98 Å². The van der Waals surface area contributed by atoms with Crippen LogP contribution in [0.25, 0.3) is 11.4 Å². The second kappa shape index (κ2) is 6.71. The molecule has 6 nitrogen and oxygen atoms in total. The smallest absolute Gasteiger partial charge is 0.373 e. The number of hydrogen-bond donors (Lipinski definition) is 2. The summed E-state index contributed by atoms with van der Waals surface area (Å²) < 4.78 is 39.5. The first-order valence-corrected chi connectivity index (χ1v) is 7.23. The van der Waals surface area contributed by atoms with E-state index in [9.17, 15) is 13.2 Å². The highest BCUT2D eigenvalue weighted by molar-refractivity contribution is 5.61. The molecule has 0 radical (unpaired) electrons. The van der Waals surface area contributed by atoms with Gasteiger partial charge in [-0.2, -0.15) is 13.2 Å². The third-order valence-electron chi connectivity index (χ3n) is 3.25. The molecule has 0 aliphatic carbocycles. The van der Waals surface area contributed by atoms with Crippen molar-refractivity contribution in [1.82, 2.24) is 19.9 Å². The molecule has 0 fully saturated rings. The number of aromatic nitrogens is 4. The lowest BCUT2D eigenvalue weighted by Crippen LogP contribution is -2.11. The Labute approximate surface area is 141 Å². The van der Waals surface area contributed by atoms with Crippen LogP contribution in [0.5, 0.6) is 0 Å². The fraction of sp³-hybridized carbons (Fsp3) is 0.125. The van der Waals surface area contributed by atoms with E-state index in [-0.39, 0.29) is 11.6 Å². The van der Waals surface area contributed by atoms with E-state index < -0.39 is 11.9 Å². The van der Waals surface area contributed by atoms with E-state index in [0.717, 1.165) is 6.07 Å². The molecule has 0 unspecified atom stereocenters. The zero-order valence-electron chi connectivity index (χ0n) is 13.0. The average Bonchev–Trinajstić information content (AvgIpc) is 2.62. The molecule has 0 aliphatic rings. The van der Waals surface area contributed by atoms with Crippen molar-refractivity contribution < 1.29 is 13.2 Å². The summed E-state index contributed by atoms with van der Waals surface area (Å²) in [6.07, 6.45) is -0.165. The van der Waals surface area contributed by atoms with Crippen LogP contribution in [-0.4, -0.2) is 27.0 Å². The minimum Gasteiger partial charge on any atom is -0.373 e. The predicted octanol–water partition coefficient (Wildman–Crippen LogP) is 3.74. The van der Waals surface area contributed by atoms with Crippen LogP contribution >= 0.6 is 0 Å². The Morgan fingerprint density at radius 2 is 1.72 bits per heavy atom. The number of nitrogens with one attached hydrogen (secondary N) is 2. The number of rotatable bonds is 4. The van der Waals surface area contributed by atoms with Gasteiger partial charge in [0, 0.05) is 31.1 Å². The molecule has 128 valence electrons. The lowest BCUT2D eigenvalue weighted by Gasteiger charge is -2.12. The van der Waals surface area contributed by atoms with Gasteiger partial charge in [0.1, 0.15) is 11.6 Å². The molecular weight excluding hydrogens is 333 g/mol. The minimum atomic E-state index is -4.59. The molecule has 3 rings (SSSR count). The number of halogens is 3. The third kappa shape index (κ3) is 4.00. The van der Waals surface area contributed by atoms with E-state index in [1.54, 1.807) is 31.3 Å². The van der Waals surface area contributed by atoms with Crippen LogP contribution in [-0.2, 0) is 6.18 Å². The summed E-state index contributed by atoms with van der Waals surface area (Å²) in [6.45, 7) is 0. The molecule has 3 aromatic rings. The molecule has 0 spiro atoms. The number of alkyl halides is 3. The van der Waals surface area contributed by atoms with E-state index >= 15 is 0 Å². The fourth-order valence-corrected chi connectivity index (χ4v) is 2.05. The molecule has 0 saturated carbocycles. The zero-order chi connectivity index (χ0) is 17.9. The molecular formula is C16H13F3N6. The summed E-state index contributed by atoms with van der Waals surface area (Å²) in [5, 5.41) is 5.68. The van der Waals surface area contributed by atoms with Crippen molar-refractivity contribution in [2.45, 2.75) is 6.18 Å². The molecule has 2 N–H and O–H groups in total. The highest BCUT2D eigenvalue weighted by Gasteiger charge is 2.33. The summed E-state index contributed by atoms with van der Waals surface area (Å²) >= 11 is 0. The van der Waals surface area contributed by atoms with Crippen LogP contribution in [0.1, 0.15) is 5.69 Å². The van der Waals surface area contributed by atoms with E-state index in [1.807, 2.05) is 0 Å². The van der Waals surface area contributed by atoms with E-state index in [2.05, 4.69) is 30.6 Å². The van der Waals surface area contributed by atoms with Gasteiger partial charge in [-0.25, -0.2) is 15.0 Å². The van der Waals surface area contributed by atoms with Crippen molar-refractivity contribution in [3.05, 3.63) is 54.6 Å². The second-order valence-electron chi connectivity index (χ2n) is 5.00. The quantitative estimate of drug-likeness (QED) is 0.750. The first kappa shape index (κ1) is 16.6. The van der Waals surface area contributed by atoms with Gasteiger partial charge in [-0.15, -0.1) is 0 Å². The summed E-state index contributed by atoms with van der Waals surface area (Å²) in [5.74, 6) is 0.620. The molecule has 0 aromatic carbocycles. The molecule has 0 aliphatic heterocycles. The SMILES string of the molecule is CNc1ccc(Nc2cc(C(F)(F)F)nc(-c3ccncc3)n2)cn1. The van der Waals surface area contributed by atoms with Gasteiger partial charge in [0.15, 0.2) is 11.5 Å². The Hall–Kier alpha value is -3.23. The molecule has 25 heavy (non-hydrogen) atoms. The van der Waals surface area contributed by atoms with Crippen LogP contribution in [0.3, 0.4) is 0 Å². The predicted molar refractivity (Wildman–Crippen MR) is 87.3 cm³/mol. The Bertz CT molecular complexity index is 850. The van der Waals surface area contributed by atoms with Crippen molar-refractivity contribution in [2.24, 2.45) is 0 Å². The van der Waals surface area contributed by atoms with Gasteiger partial charge in [0.05, 0.1) is 11.9 Å². The van der Waals surface area contributed by atoms with E-state index in [0.29, 0.717) is 17.1 Å². The van der Waals surface area contributed by atoms with Crippen LogP contribution in [0.4, 0.5) is 30.5 Å². The molecule has 0 amide bonds. The van der Waals surface area contributed by atoms with Crippen molar-refractivity contribution in [2.75, 3.05) is 17.7 Å². The highest BCUT2D eigenvalue weighted by atomic mass is 19.4. The molecule has 0 atom stereocenters. The van der Waals surface area contributed by atoms with E-state index in [4.69, 9.17) is 0 Å². The molecule has 3 aromatic heterocycles. The molecule has 9 heteroatoms. The largest absolute Gasteiger partial charge is 0.433 e. The van der Waals surface area contributed by atoms with E-state index in [1.165, 1.54) is 18.6 Å². The Balaban J connectivity index is 2.00. The van der Waals surface area contributed by atoms with Gasteiger partial charge in [0.2, 0.25) is 0 Å². The van der Waals surface area contributed by atoms with Gasteiger partial charge < -0.3 is 10.6 Å². The number of anilines is 3. The second-order valence-corrected chi connectivity index (χ2v) is 5.00. The van der Waals surface area contributed by atoms with Crippen LogP contribution < -0.4 is 10.6 Å². The third-order valence-corrected chi connectivity index (χ3v) is 3.25. The Kier molecular flexibility index (Phi) is 4.46. The minimum absolute atomic E-state index is 0.0214. The highest BCUT2D eigenvalue weighted by Crippen LogP contribution is 2.31. The maximum absolute atomic E-state index is 13.2. The van der Waals surface area contributed by atoms with Crippen molar-refractivity contribution >= 4 is 17.3 Å². The number of nitrogens with zero attached hydrogens (tertiary/aromatic N) is 4. The van der Waals surface area contributed by atoms with Crippen LogP contribution in [0, 0.1) is 0 Å². The average molecular weight is 346 g/mol. The monoisotopic (exact) mass is 346 g/mol. The molecule has 3 heterocycles. The van der Waals surface area contributed by atoms with Crippen LogP contribution in [0.2, 0.25) is 0 Å². The van der Waals surface area contributed by atoms with Crippen molar-refractivity contribution in [1.29, 1.82) is 0 Å². The van der Waals surface area contributed by atoms with Crippen molar-refractivity contribution in [3.63, 3.8) is 0 Å². The molecule has 0 saturated heterocycles. The maximum Gasteiger partial charge on any atom is 0.433 e. The standard InChI is InChI=1S/C16H13F3N6/c1-20-13-3-2-11(9-22-13)23-14-8-12(16(17,18)19)24-15(25-14)10-4-6-21-7-5-10/h2-9H,1H3,(H,20,22)(H,23,24,25). The maximum atomic E-state index is 13.2. The fourth-order valence-electron chi connectivity index (χ4n) is 2.05. The summed E-state index contributed by atoms with van der Waals surface area (Å²) in [7, 11) is 1.72. The van der Waals surface area contributed by atoms with Crippen molar-refractivity contribution in [3.8, 4) is 11.4 Å². The van der Waals surface area contributed by atoms with Gasteiger partial charge >= 0.3 is 6.18 Å². The summed E-state index contributed by atoms with van der Waals surface area (Å²) in [6, 6.07) is 7.32. The van der Waals surface area contributed by atoms with Gasteiger partial charge in [0.25, 0.3) is 0 Å². The number of hydrogen-bond acceptors (Lipinski definition) is 6. The molecule has 0 bridgehead atoms. The topological polar surface area (TPSA) is 75.6 Å². The Morgan fingerprint density at radius 3 is 2.32 bits per heavy atom. The summed E-state index contributed by atoms with van der Waals surface area (Å²) in [4.78, 5) is 15.7. The lowest BCUT2D eigenvalue weighted by molar-refractivity contribution is -0.141. The number of pyridine rings is 2. The lowest BCUT2D eigenvalue weighted by atomic mass is 10.2. The van der Waals surface area contributed by atoms with Gasteiger partial charge in [-0.1, -0.05) is 0 Å². The normalized spacial score (nSPS) is 11.2. The first-order chi connectivity index (χ1) is 12.0. The van der Waals surface area contributed by atoms with Crippen LogP contribution in [0.15, 0.2) is 48.9 Å². The van der Waals surface area contributed by atoms with Gasteiger partial charge in [-0.05, 0) is 24.3 Å². The first-order valence-electron chi connectivity index (χ1n) is 7.23. The summed E-state index contributed by atoms with van der Waals surface area (Å²) in [5.41, 5.74) is -0.0871.